The summed E-state index contributed by atoms with van der Waals surface area (Å²) in [6, 6.07) is 4.61. The van der Waals surface area contributed by atoms with Crippen LogP contribution in [0.3, 0.4) is 0 Å². The first kappa shape index (κ1) is 14.5. The molecule has 0 radical (unpaired) electrons. The molecule has 0 heterocycles. The third-order valence-corrected chi connectivity index (χ3v) is 3.88. The smallest absolute Gasteiger partial charge is 0.273 e. The van der Waals surface area contributed by atoms with Gasteiger partial charge in [-0.25, -0.2) is 0 Å². The molecular weight excluding hydrogens is 260 g/mol. The van der Waals surface area contributed by atoms with E-state index in [2.05, 4.69) is 5.43 Å². The summed E-state index contributed by atoms with van der Waals surface area (Å²) in [5, 5.41) is 21.0. The van der Waals surface area contributed by atoms with E-state index in [0.29, 0.717) is 11.4 Å². The van der Waals surface area contributed by atoms with Crippen molar-refractivity contribution in [3.63, 3.8) is 0 Å². The molecule has 2 unspecified atom stereocenters. The van der Waals surface area contributed by atoms with Gasteiger partial charge in [0.05, 0.1) is 22.8 Å². The number of nitrogens with zero attached hydrogens (tertiary/aromatic N) is 2. The molecule has 0 amide bonds. The molecule has 1 aromatic rings. The van der Waals surface area contributed by atoms with Crippen molar-refractivity contribution >= 4 is 17.1 Å². The van der Waals surface area contributed by atoms with E-state index in [0.717, 1.165) is 25.7 Å². The second-order valence-electron chi connectivity index (χ2n) is 5.17. The highest BCUT2D eigenvalue weighted by Crippen LogP contribution is 2.31. The molecule has 1 aromatic carbocycles. The summed E-state index contributed by atoms with van der Waals surface area (Å²) in [4.78, 5) is 12.4. The topological polar surface area (TPSA) is 105 Å². The molecule has 0 saturated heterocycles. The summed E-state index contributed by atoms with van der Waals surface area (Å²) in [5.41, 5.74) is 3.57. The fourth-order valence-corrected chi connectivity index (χ4v) is 2.72. The van der Waals surface area contributed by atoms with Gasteiger partial charge in [0, 0.05) is 24.9 Å². The average Bonchev–Trinajstić information content (AvgIpc) is 2.46. The molecule has 7 heteroatoms. The van der Waals surface area contributed by atoms with Gasteiger partial charge in [-0.05, 0) is 18.9 Å². The Bertz CT molecular complexity index is 495. The number of hydrogen-bond donors (Lipinski definition) is 3. The minimum atomic E-state index is -0.449. The minimum Gasteiger partial charge on any atom is -0.391 e. The predicted molar refractivity (Wildman–Crippen MR) is 77.6 cm³/mol. The zero-order valence-corrected chi connectivity index (χ0v) is 11.5. The number of nitrogen functional groups attached to an aromatic ring is 1. The number of nitro benzene ring substituents is 1. The van der Waals surface area contributed by atoms with Crippen LogP contribution < -0.4 is 16.2 Å². The van der Waals surface area contributed by atoms with Crippen LogP contribution in [0.25, 0.3) is 0 Å². The lowest BCUT2D eigenvalue weighted by Gasteiger charge is -2.36. The van der Waals surface area contributed by atoms with Crippen molar-refractivity contribution in [1.82, 2.24) is 0 Å². The summed E-state index contributed by atoms with van der Waals surface area (Å²) in [6.07, 6.45) is 3.33. The average molecular weight is 280 g/mol. The first-order valence-corrected chi connectivity index (χ1v) is 6.70. The van der Waals surface area contributed by atoms with E-state index in [1.807, 2.05) is 11.9 Å². The Hall–Kier alpha value is -1.86. The number of anilines is 2. The fraction of sp³-hybridized carbons (Fsp3) is 0.538. The molecule has 1 aliphatic carbocycles. The quantitative estimate of drug-likeness (QED) is 0.440. The number of non-ortho nitro benzene ring substituents is 1. The number of aliphatic hydroxyl groups is 1. The Morgan fingerprint density at radius 2 is 2.10 bits per heavy atom. The van der Waals surface area contributed by atoms with Gasteiger partial charge in [-0.1, -0.05) is 12.8 Å². The summed E-state index contributed by atoms with van der Waals surface area (Å²) in [7, 11) is 1.85. The first-order chi connectivity index (χ1) is 9.52. The number of hydrazine groups is 1. The van der Waals surface area contributed by atoms with Crippen molar-refractivity contribution in [1.29, 1.82) is 0 Å². The molecular formula is C13H20N4O3. The van der Waals surface area contributed by atoms with Crippen molar-refractivity contribution in [2.24, 2.45) is 5.84 Å². The van der Waals surface area contributed by atoms with Gasteiger partial charge in [-0.15, -0.1) is 0 Å². The number of nitrogens with one attached hydrogen (secondary N) is 1. The molecule has 2 rings (SSSR count). The zero-order valence-electron chi connectivity index (χ0n) is 11.5. The number of likely N-dealkylation sites (N-methyl/N-ethyl adjacent to an activating group) is 1. The lowest BCUT2D eigenvalue weighted by Crippen LogP contribution is -2.43. The van der Waals surface area contributed by atoms with E-state index in [4.69, 9.17) is 5.84 Å². The maximum Gasteiger partial charge on any atom is 0.273 e. The Morgan fingerprint density at radius 3 is 2.70 bits per heavy atom. The molecule has 0 spiro atoms. The van der Waals surface area contributed by atoms with E-state index in [1.54, 1.807) is 6.07 Å². The number of nitrogens with two attached hydrogens (primary N) is 1. The van der Waals surface area contributed by atoms with Crippen LogP contribution in [-0.4, -0.2) is 29.2 Å². The molecule has 1 aliphatic rings. The van der Waals surface area contributed by atoms with Gasteiger partial charge in [0.25, 0.3) is 5.69 Å². The molecule has 0 bridgehead atoms. The number of hydrogen-bond acceptors (Lipinski definition) is 6. The van der Waals surface area contributed by atoms with Crippen LogP contribution in [0.4, 0.5) is 17.1 Å². The third kappa shape index (κ3) is 3.00. The molecule has 1 fully saturated rings. The van der Waals surface area contributed by atoms with Crippen molar-refractivity contribution < 1.29 is 10.0 Å². The van der Waals surface area contributed by atoms with Crippen molar-refractivity contribution in [2.75, 3.05) is 17.4 Å². The SMILES string of the molecule is CN(c1cc(NN)cc([N+](=O)[O-])c1)C1CCCCC1O. The monoisotopic (exact) mass is 280 g/mol. The van der Waals surface area contributed by atoms with Gasteiger partial charge in [0.2, 0.25) is 0 Å². The highest BCUT2D eigenvalue weighted by atomic mass is 16.6. The lowest BCUT2D eigenvalue weighted by atomic mass is 9.91. The molecule has 4 N–H and O–H groups in total. The zero-order chi connectivity index (χ0) is 14.7. The van der Waals surface area contributed by atoms with E-state index in [9.17, 15) is 15.2 Å². The Balaban J connectivity index is 2.30. The molecule has 1 saturated carbocycles. The first-order valence-electron chi connectivity index (χ1n) is 6.70. The van der Waals surface area contributed by atoms with Crippen LogP contribution in [-0.2, 0) is 0 Å². The third-order valence-electron chi connectivity index (χ3n) is 3.88. The highest BCUT2D eigenvalue weighted by molar-refractivity contribution is 5.64. The molecule has 20 heavy (non-hydrogen) atoms. The predicted octanol–water partition coefficient (Wildman–Crippen LogP) is 1.62. The second kappa shape index (κ2) is 6.06. The number of rotatable bonds is 4. The summed E-state index contributed by atoms with van der Waals surface area (Å²) < 4.78 is 0. The summed E-state index contributed by atoms with van der Waals surface area (Å²) >= 11 is 0. The largest absolute Gasteiger partial charge is 0.391 e. The van der Waals surface area contributed by atoms with Crippen LogP contribution in [0.1, 0.15) is 25.7 Å². The van der Waals surface area contributed by atoms with Crippen LogP contribution >= 0.6 is 0 Å². The fourth-order valence-electron chi connectivity index (χ4n) is 2.72. The van der Waals surface area contributed by atoms with Crippen LogP contribution in [0.5, 0.6) is 0 Å². The molecule has 7 nitrogen and oxygen atoms in total. The van der Waals surface area contributed by atoms with Crippen molar-refractivity contribution in [2.45, 2.75) is 37.8 Å². The van der Waals surface area contributed by atoms with E-state index < -0.39 is 11.0 Å². The van der Waals surface area contributed by atoms with Gasteiger partial charge in [0.15, 0.2) is 0 Å². The number of nitro groups is 1. The van der Waals surface area contributed by atoms with Gasteiger partial charge < -0.3 is 15.4 Å². The lowest BCUT2D eigenvalue weighted by molar-refractivity contribution is -0.384. The van der Waals surface area contributed by atoms with Crippen molar-refractivity contribution in [3.8, 4) is 0 Å². The summed E-state index contributed by atoms with van der Waals surface area (Å²) in [6.45, 7) is 0. The van der Waals surface area contributed by atoms with Gasteiger partial charge in [-0.2, -0.15) is 0 Å². The number of benzene rings is 1. The van der Waals surface area contributed by atoms with Crippen molar-refractivity contribution in [3.05, 3.63) is 28.3 Å². The Kier molecular flexibility index (Phi) is 4.41. The maximum atomic E-state index is 11.0. The van der Waals surface area contributed by atoms with E-state index in [1.165, 1.54) is 12.1 Å². The molecule has 0 aromatic heterocycles. The molecule has 0 aliphatic heterocycles. The Labute approximate surface area is 117 Å². The van der Waals surface area contributed by atoms with E-state index >= 15 is 0 Å². The highest BCUT2D eigenvalue weighted by Gasteiger charge is 2.27. The maximum absolute atomic E-state index is 11.0. The van der Waals surface area contributed by atoms with Crippen LogP contribution in [0.15, 0.2) is 18.2 Å². The van der Waals surface area contributed by atoms with E-state index in [-0.39, 0.29) is 11.7 Å². The van der Waals surface area contributed by atoms with Gasteiger partial charge in [-0.3, -0.25) is 16.0 Å². The van der Waals surface area contributed by atoms with Gasteiger partial charge >= 0.3 is 0 Å². The number of aliphatic hydroxyl groups excluding tert-OH is 1. The molecule has 2 atom stereocenters. The Morgan fingerprint density at radius 1 is 1.40 bits per heavy atom. The molecule has 110 valence electrons. The standard InChI is InChI=1S/C13H20N4O3/c1-16(12-4-2-3-5-13(12)18)10-6-9(15-14)7-11(8-10)17(19)20/h6-8,12-13,15,18H,2-5,14H2,1H3. The second-order valence-corrected chi connectivity index (χ2v) is 5.17. The summed E-state index contributed by atoms with van der Waals surface area (Å²) in [5.74, 6) is 5.35. The normalized spacial score (nSPS) is 22.4. The van der Waals surface area contributed by atoms with Gasteiger partial charge in [0.1, 0.15) is 0 Å². The van der Waals surface area contributed by atoms with Crippen LogP contribution in [0, 0.1) is 10.1 Å². The minimum absolute atomic E-state index is 0.0172. The van der Waals surface area contributed by atoms with Crippen LogP contribution in [0.2, 0.25) is 0 Å².